The molecule has 1 atom stereocenters. The fourth-order valence-corrected chi connectivity index (χ4v) is 3.25. The Labute approximate surface area is 182 Å². The number of amides is 2. The minimum absolute atomic E-state index is 0.130. The second-order valence-electron chi connectivity index (χ2n) is 7.24. The fourth-order valence-electron chi connectivity index (χ4n) is 3.25. The van der Waals surface area contributed by atoms with Crippen LogP contribution in [0.3, 0.4) is 0 Å². The van der Waals surface area contributed by atoms with Crippen LogP contribution in [0.5, 0.6) is 0 Å². The van der Waals surface area contributed by atoms with Crippen molar-refractivity contribution < 1.29 is 14.0 Å². The Bertz CT molecular complexity index is 1310. The summed E-state index contributed by atoms with van der Waals surface area (Å²) in [6.07, 6.45) is 1.43. The van der Waals surface area contributed by atoms with Crippen molar-refractivity contribution in [2.45, 2.75) is 19.5 Å². The van der Waals surface area contributed by atoms with E-state index in [-0.39, 0.29) is 12.1 Å². The molecule has 8 nitrogen and oxygen atoms in total. The van der Waals surface area contributed by atoms with E-state index < -0.39 is 29.2 Å². The number of carbonyl (C=O) groups is 2. The maximum absolute atomic E-state index is 13.0. The molecule has 0 aliphatic carbocycles. The summed E-state index contributed by atoms with van der Waals surface area (Å²) < 4.78 is 14.2. The maximum Gasteiger partial charge on any atom is 0.263 e. The van der Waals surface area contributed by atoms with Gasteiger partial charge in [-0.25, -0.2) is 9.37 Å². The highest BCUT2D eigenvalue weighted by atomic mass is 19.1. The average molecular weight is 433 g/mol. The lowest BCUT2D eigenvalue weighted by Gasteiger charge is -2.13. The van der Waals surface area contributed by atoms with Gasteiger partial charge in [0.05, 0.1) is 17.1 Å². The Morgan fingerprint density at radius 1 is 1.09 bits per heavy atom. The number of pyridine rings is 1. The lowest BCUT2D eigenvalue weighted by molar-refractivity contribution is -0.122. The third-order valence-corrected chi connectivity index (χ3v) is 4.88. The molecule has 0 aliphatic heterocycles. The molecule has 0 saturated carbocycles. The zero-order valence-electron chi connectivity index (χ0n) is 17.1. The smallest absolute Gasteiger partial charge is 0.263 e. The number of aromatic nitrogens is 3. The van der Waals surface area contributed by atoms with Crippen molar-refractivity contribution in [3.05, 3.63) is 94.4 Å². The largest absolute Gasteiger partial charge is 0.345 e. The van der Waals surface area contributed by atoms with Gasteiger partial charge in [0, 0.05) is 11.9 Å². The molecule has 4 rings (SSSR count). The SMILES string of the molecule is C[C@H](NC(=O)Cn1cccc(C(=O)Nc2ccc(F)cc2)c1=O)c1nc2ccccc2[nH]1. The Kier molecular flexibility index (Phi) is 5.80. The van der Waals surface area contributed by atoms with E-state index >= 15 is 0 Å². The van der Waals surface area contributed by atoms with Gasteiger partial charge < -0.3 is 20.2 Å². The molecule has 9 heteroatoms. The Hall–Kier alpha value is -4.27. The molecule has 0 saturated heterocycles. The molecule has 0 bridgehead atoms. The van der Waals surface area contributed by atoms with Crippen LogP contribution in [0.25, 0.3) is 11.0 Å². The van der Waals surface area contributed by atoms with Crippen molar-refractivity contribution in [3.63, 3.8) is 0 Å². The van der Waals surface area contributed by atoms with E-state index in [4.69, 9.17) is 0 Å². The van der Waals surface area contributed by atoms with E-state index in [0.29, 0.717) is 11.5 Å². The van der Waals surface area contributed by atoms with Gasteiger partial charge in [0.1, 0.15) is 23.7 Å². The molecule has 2 aromatic carbocycles. The first-order valence-electron chi connectivity index (χ1n) is 9.91. The zero-order chi connectivity index (χ0) is 22.7. The summed E-state index contributed by atoms with van der Waals surface area (Å²) in [6, 6.07) is 15.2. The number of aromatic amines is 1. The van der Waals surface area contributed by atoms with Gasteiger partial charge in [-0.2, -0.15) is 0 Å². The molecule has 0 radical (unpaired) electrons. The van der Waals surface area contributed by atoms with E-state index in [0.717, 1.165) is 15.6 Å². The summed E-state index contributed by atoms with van der Waals surface area (Å²) in [7, 11) is 0. The standard InChI is InChI=1S/C23H20FN5O3/c1-14(21-27-18-6-2-3-7-19(18)28-21)25-20(30)13-29-12-4-5-17(23(29)32)22(31)26-16-10-8-15(24)9-11-16/h2-12,14H,13H2,1H3,(H,25,30)(H,26,31)(H,27,28)/t14-/m0/s1. The molecule has 2 aromatic heterocycles. The van der Waals surface area contributed by atoms with Gasteiger partial charge in [0.2, 0.25) is 5.91 Å². The number of hydrogen-bond donors (Lipinski definition) is 3. The lowest BCUT2D eigenvalue weighted by Crippen LogP contribution is -2.36. The third-order valence-electron chi connectivity index (χ3n) is 4.88. The fraction of sp³-hybridized carbons (Fsp3) is 0.130. The lowest BCUT2D eigenvalue weighted by atomic mass is 10.2. The maximum atomic E-state index is 13.0. The van der Waals surface area contributed by atoms with Crippen molar-refractivity contribution >= 4 is 28.5 Å². The van der Waals surface area contributed by atoms with Gasteiger partial charge in [-0.15, -0.1) is 0 Å². The number of nitrogens with one attached hydrogen (secondary N) is 3. The number of H-pyrrole nitrogens is 1. The highest BCUT2D eigenvalue weighted by molar-refractivity contribution is 6.04. The highest BCUT2D eigenvalue weighted by Gasteiger charge is 2.17. The van der Waals surface area contributed by atoms with Gasteiger partial charge in [0.15, 0.2) is 0 Å². The number of halogens is 1. The van der Waals surface area contributed by atoms with Crippen LogP contribution >= 0.6 is 0 Å². The van der Waals surface area contributed by atoms with Gasteiger partial charge in [-0.05, 0) is 55.5 Å². The molecule has 0 aliphatic rings. The Balaban J connectivity index is 1.44. The summed E-state index contributed by atoms with van der Waals surface area (Å²) in [5.41, 5.74) is 1.26. The van der Waals surface area contributed by atoms with Gasteiger partial charge >= 0.3 is 0 Å². The highest BCUT2D eigenvalue weighted by Crippen LogP contribution is 2.15. The summed E-state index contributed by atoms with van der Waals surface area (Å²) in [5.74, 6) is -0.893. The van der Waals surface area contributed by atoms with Crippen molar-refractivity contribution in [1.82, 2.24) is 19.9 Å². The molecule has 0 spiro atoms. The van der Waals surface area contributed by atoms with Crippen LogP contribution in [0.1, 0.15) is 29.1 Å². The molecule has 4 aromatic rings. The Morgan fingerprint density at radius 2 is 1.84 bits per heavy atom. The molecule has 162 valence electrons. The quantitative estimate of drug-likeness (QED) is 0.434. The second kappa shape index (κ2) is 8.84. The first-order chi connectivity index (χ1) is 15.4. The van der Waals surface area contributed by atoms with Crippen molar-refractivity contribution in [2.75, 3.05) is 5.32 Å². The second-order valence-corrected chi connectivity index (χ2v) is 7.24. The number of imidazole rings is 1. The summed E-state index contributed by atoms with van der Waals surface area (Å²) in [5, 5.41) is 5.34. The van der Waals surface area contributed by atoms with Crippen LogP contribution in [0.4, 0.5) is 10.1 Å². The number of carbonyl (C=O) groups excluding carboxylic acids is 2. The molecular weight excluding hydrogens is 413 g/mol. The van der Waals surface area contributed by atoms with Crippen LogP contribution < -0.4 is 16.2 Å². The molecule has 2 amide bonds. The summed E-state index contributed by atoms with van der Waals surface area (Å²) >= 11 is 0. The minimum atomic E-state index is -0.646. The molecule has 3 N–H and O–H groups in total. The van der Waals surface area contributed by atoms with Crippen LogP contribution in [-0.2, 0) is 11.3 Å². The van der Waals surface area contributed by atoms with E-state index in [1.807, 2.05) is 24.3 Å². The molecular formula is C23H20FN5O3. The van der Waals surface area contributed by atoms with E-state index in [1.54, 1.807) is 6.92 Å². The number of fused-ring (bicyclic) bond motifs is 1. The Morgan fingerprint density at radius 3 is 2.59 bits per heavy atom. The summed E-state index contributed by atoms with van der Waals surface area (Å²) in [6.45, 7) is 1.52. The van der Waals surface area contributed by atoms with Crippen molar-refractivity contribution in [2.24, 2.45) is 0 Å². The van der Waals surface area contributed by atoms with Crippen LogP contribution in [0.2, 0.25) is 0 Å². The summed E-state index contributed by atoms with van der Waals surface area (Å²) in [4.78, 5) is 45.3. The van der Waals surface area contributed by atoms with E-state index in [9.17, 15) is 18.8 Å². The predicted molar refractivity (Wildman–Crippen MR) is 118 cm³/mol. The molecule has 0 fully saturated rings. The van der Waals surface area contributed by atoms with Gasteiger partial charge in [0.25, 0.3) is 11.5 Å². The van der Waals surface area contributed by atoms with Gasteiger partial charge in [-0.1, -0.05) is 12.1 Å². The molecule has 2 heterocycles. The van der Waals surface area contributed by atoms with E-state index in [2.05, 4.69) is 20.6 Å². The van der Waals surface area contributed by atoms with E-state index in [1.165, 1.54) is 42.6 Å². The number of para-hydroxylation sites is 2. The van der Waals surface area contributed by atoms with Crippen LogP contribution in [-0.4, -0.2) is 26.3 Å². The number of nitrogens with zero attached hydrogens (tertiary/aromatic N) is 2. The molecule has 0 unspecified atom stereocenters. The van der Waals surface area contributed by atoms with Crippen molar-refractivity contribution in [3.8, 4) is 0 Å². The van der Waals surface area contributed by atoms with Gasteiger partial charge in [-0.3, -0.25) is 14.4 Å². The van der Waals surface area contributed by atoms with Crippen LogP contribution in [0, 0.1) is 5.82 Å². The molecule has 32 heavy (non-hydrogen) atoms. The first kappa shape index (κ1) is 21.0. The monoisotopic (exact) mass is 433 g/mol. The number of anilines is 1. The number of hydrogen-bond acceptors (Lipinski definition) is 4. The third kappa shape index (κ3) is 4.56. The topological polar surface area (TPSA) is 109 Å². The first-order valence-corrected chi connectivity index (χ1v) is 9.91. The zero-order valence-corrected chi connectivity index (χ0v) is 17.1. The number of rotatable bonds is 6. The van der Waals surface area contributed by atoms with Crippen molar-refractivity contribution in [1.29, 1.82) is 0 Å². The number of benzene rings is 2. The van der Waals surface area contributed by atoms with Crippen LogP contribution in [0.15, 0.2) is 71.7 Å². The predicted octanol–water partition coefficient (Wildman–Crippen LogP) is 2.99. The minimum Gasteiger partial charge on any atom is -0.345 e. The average Bonchev–Trinajstić information content (AvgIpc) is 3.21. The normalized spacial score (nSPS) is 11.8.